The number of aryl methyl sites for hydroxylation is 1. The van der Waals surface area contributed by atoms with Gasteiger partial charge in [-0.3, -0.25) is 9.48 Å². The van der Waals surface area contributed by atoms with E-state index in [2.05, 4.69) is 10.4 Å². The van der Waals surface area contributed by atoms with Crippen molar-refractivity contribution in [1.29, 1.82) is 0 Å². The molecular formula is C11H17N3O2. The summed E-state index contributed by atoms with van der Waals surface area (Å²) in [6.07, 6.45) is 6.53. The Morgan fingerprint density at radius 2 is 2.31 bits per heavy atom. The first-order valence-electron chi connectivity index (χ1n) is 5.64. The van der Waals surface area contributed by atoms with Crippen LogP contribution in [0.4, 0.5) is 0 Å². The lowest BCUT2D eigenvalue weighted by molar-refractivity contribution is 0.0717. The maximum absolute atomic E-state index is 11.8. The van der Waals surface area contributed by atoms with E-state index in [1.54, 1.807) is 17.9 Å². The van der Waals surface area contributed by atoms with E-state index < -0.39 is 6.10 Å². The SMILES string of the molecule is Cn1cc(C(=O)N[C@H]2CCCC[C@@H]2O)cn1. The molecule has 0 unspecified atom stereocenters. The van der Waals surface area contributed by atoms with Gasteiger partial charge in [-0.1, -0.05) is 12.8 Å². The van der Waals surface area contributed by atoms with Crippen molar-refractivity contribution >= 4 is 5.91 Å². The summed E-state index contributed by atoms with van der Waals surface area (Å²) in [5.74, 6) is -0.154. The highest BCUT2D eigenvalue weighted by Gasteiger charge is 2.25. The fourth-order valence-corrected chi connectivity index (χ4v) is 2.07. The van der Waals surface area contributed by atoms with Crippen molar-refractivity contribution in [1.82, 2.24) is 15.1 Å². The minimum atomic E-state index is -0.408. The molecule has 0 aromatic carbocycles. The molecule has 0 spiro atoms. The molecule has 0 saturated heterocycles. The molecule has 16 heavy (non-hydrogen) atoms. The summed E-state index contributed by atoms with van der Waals surface area (Å²) in [6, 6.07) is -0.110. The van der Waals surface area contributed by atoms with E-state index in [0.717, 1.165) is 25.7 Å². The quantitative estimate of drug-likeness (QED) is 0.765. The van der Waals surface area contributed by atoms with Crippen LogP contribution in [-0.4, -0.2) is 32.9 Å². The zero-order valence-corrected chi connectivity index (χ0v) is 9.39. The van der Waals surface area contributed by atoms with Crippen LogP contribution in [0.1, 0.15) is 36.0 Å². The molecule has 1 heterocycles. The Morgan fingerprint density at radius 1 is 1.56 bits per heavy atom. The van der Waals surface area contributed by atoms with Crippen LogP contribution in [0, 0.1) is 0 Å². The first kappa shape index (κ1) is 11.1. The molecule has 2 atom stereocenters. The second-order valence-electron chi connectivity index (χ2n) is 4.33. The second-order valence-corrected chi connectivity index (χ2v) is 4.33. The first-order chi connectivity index (χ1) is 7.66. The van der Waals surface area contributed by atoms with Gasteiger partial charge in [0.25, 0.3) is 5.91 Å². The molecule has 0 radical (unpaired) electrons. The Balaban J connectivity index is 1.96. The van der Waals surface area contributed by atoms with Crippen molar-refractivity contribution in [3.05, 3.63) is 18.0 Å². The van der Waals surface area contributed by atoms with E-state index in [4.69, 9.17) is 0 Å². The highest BCUT2D eigenvalue weighted by molar-refractivity contribution is 5.93. The molecule has 5 heteroatoms. The zero-order chi connectivity index (χ0) is 11.5. The number of aliphatic hydroxyl groups excluding tert-OH is 1. The third kappa shape index (κ3) is 2.41. The van der Waals surface area contributed by atoms with Gasteiger partial charge in [0.05, 0.1) is 23.9 Å². The summed E-state index contributed by atoms with van der Waals surface area (Å²) < 4.78 is 1.59. The van der Waals surface area contributed by atoms with Crippen LogP contribution < -0.4 is 5.32 Å². The highest BCUT2D eigenvalue weighted by Crippen LogP contribution is 2.18. The molecule has 5 nitrogen and oxygen atoms in total. The molecule has 1 amide bonds. The van der Waals surface area contributed by atoms with Gasteiger partial charge in [-0.2, -0.15) is 5.10 Å². The van der Waals surface area contributed by atoms with Crippen molar-refractivity contribution in [2.75, 3.05) is 0 Å². The largest absolute Gasteiger partial charge is 0.391 e. The van der Waals surface area contributed by atoms with Gasteiger partial charge in [-0.15, -0.1) is 0 Å². The van der Waals surface area contributed by atoms with Crippen molar-refractivity contribution in [3.8, 4) is 0 Å². The first-order valence-corrected chi connectivity index (χ1v) is 5.64. The summed E-state index contributed by atoms with van der Waals surface area (Å²) >= 11 is 0. The number of aliphatic hydroxyl groups is 1. The smallest absolute Gasteiger partial charge is 0.254 e. The number of amides is 1. The molecule has 0 aliphatic heterocycles. The number of hydrogen-bond donors (Lipinski definition) is 2. The van der Waals surface area contributed by atoms with Gasteiger partial charge in [0.2, 0.25) is 0 Å². The van der Waals surface area contributed by atoms with Gasteiger partial charge in [-0.05, 0) is 12.8 Å². The maximum Gasteiger partial charge on any atom is 0.254 e. The summed E-state index contributed by atoms with van der Waals surface area (Å²) in [7, 11) is 1.77. The Bertz CT molecular complexity index is 375. The number of hydrogen-bond acceptors (Lipinski definition) is 3. The van der Waals surface area contributed by atoms with Gasteiger partial charge < -0.3 is 10.4 Å². The maximum atomic E-state index is 11.8. The molecule has 0 bridgehead atoms. The summed E-state index contributed by atoms with van der Waals surface area (Å²) in [4.78, 5) is 11.8. The predicted octanol–water partition coefficient (Wildman–Crippen LogP) is 0.453. The Labute approximate surface area is 94.5 Å². The van der Waals surface area contributed by atoms with Crippen LogP contribution in [0.3, 0.4) is 0 Å². The number of aromatic nitrogens is 2. The second kappa shape index (κ2) is 4.65. The molecule has 1 aliphatic rings. The number of nitrogens with zero attached hydrogens (tertiary/aromatic N) is 2. The Morgan fingerprint density at radius 3 is 2.94 bits per heavy atom. The lowest BCUT2D eigenvalue weighted by Gasteiger charge is -2.28. The van der Waals surface area contributed by atoms with Crippen LogP contribution in [0.15, 0.2) is 12.4 Å². The van der Waals surface area contributed by atoms with Crippen molar-refractivity contribution in [3.63, 3.8) is 0 Å². The Kier molecular flexibility index (Phi) is 3.24. The Hall–Kier alpha value is -1.36. The number of carbonyl (C=O) groups is 1. The normalized spacial score (nSPS) is 25.4. The third-order valence-corrected chi connectivity index (χ3v) is 3.01. The summed E-state index contributed by atoms with van der Waals surface area (Å²) in [5, 5.41) is 16.5. The predicted molar refractivity (Wildman–Crippen MR) is 58.9 cm³/mol. The number of nitrogens with one attached hydrogen (secondary N) is 1. The monoisotopic (exact) mass is 223 g/mol. The minimum absolute atomic E-state index is 0.110. The van der Waals surface area contributed by atoms with E-state index in [1.165, 1.54) is 6.20 Å². The van der Waals surface area contributed by atoms with Gasteiger partial charge in [0, 0.05) is 13.2 Å². The highest BCUT2D eigenvalue weighted by atomic mass is 16.3. The van der Waals surface area contributed by atoms with Gasteiger partial charge in [-0.25, -0.2) is 0 Å². The molecule has 2 rings (SSSR count). The summed E-state index contributed by atoms with van der Waals surface area (Å²) in [5.41, 5.74) is 0.542. The van der Waals surface area contributed by atoms with Crippen LogP contribution >= 0.6 is 0 Å². The van der Waals surface area contributed by atoms with E-state index in [1.807, 2.05) is 0 Å². The van der Waals surface area contributed by atoms with Crippen LogP contribution in [0.5, 0.6) is 0 Å². The molecule has 1 aromatic heterocycles. The molecule has 1 aliphatic carbocycles. The number of carbonyl (C=O) groups excluding carboxylic acids is 1. The van der Waals surface area contributed by atoms with E-state index in [9.17, 15) is 9.90 Å². The molecular weight excluding hydrogens is 206 g/mol. The van der Waals surface area contributed by atoms with Gasteiger partial charge in [0.1, 0.15) is 0 Å². The standard InChI is InChI=1S/C11H17N3O2/c1-14-7-8(6-12-14)11(16)13-9-4-2-3-5-10(9)15/h6-7,9-10,15H,2-5H2,1H3,(H,13,16)/t9-,10-/m0/s1. The minimum Gasteiger partial charge on any atom is -0.391 e. The lowest BCUT2D eigenvalue weighted by Crippen LogP contribution is -2.44. The zero-order valence-electron chi connectivity index (χ0n) is 9.39. The van der Waals surface area contributed by atoms with Crippen LogP contribution in [0.2, 0.25) is 0 Å². The fraction of sp³-hybridized carbons (Fsp3) is 0.636. The average molecular weight is 223 g/mol. The molecule has 88 valence electrons. The average Bonchev–Trinajstić information content (AvgIpc) is 2.68. The topological polar surface area (TPSA) is 67.2 Å². The third-order valence-electron chi connectivity index (χ3n) is 3.01. The van der Waals surface area contributed by atoms with Crippen LogP contribution in [0.25, 0.3) is 0 Å². The molecule has 1 aromatic rings. The van der Waals surface area contributed by atoms with Crippen molar-refractivity contribution < 1.29 is 9.90 Å². The lowest BCUT2D eigenvalue weighted by atomic mass is 9.92. The molecule has 1 fully saturated rings. The van der Waals surface area contributed by atoms with Crippen molar-refractivity contribution in [2.24, 2.45) is 7.05 Å². The molecule has 1 saturated carbocycles. The van der Waals surface area contributed by atoms with Gasteiger partial charge >= 0.3 is 0 Å². The van der Waals surface area contributed by atoms with Crippen LogP contribution in [-0.2, 0) is 7.05 Å². The van der Waals surface area contributed by atoms with E-state index in [0.29, 0.717) is 5.56 Å². The van der Waals surface area contributed by atoms with E-state index >= 15 is 0 Å². The van der Waals surface area contributed by atoms with E-state index in [-0.39, 0.29) is 11.9 Å². The summed E-state index contributed by atoms with van der Waals surface area (Å²) in [6.45, 7) is 0. The molecule has 2 N–H and O–H groups in total. The van der Waals surface area contributed by atoms with Crippen molar-refractivity contribution in [2.45, 2.75) is 37.8 Å². The fourth-order valence-electron chi connectivity index (χ4n) is 2.07. The van der Waals surface area contributed by atoms with Gasteiger partial charge in [0.15, 0.2) is 0 Å². The number of rotatable bonds is 2.